The summed E-state index contributed by atoms with van der Waals surface area (Å²) in [6.45, 7) is 1.46. The number of oxazole rings is 1. The maximum absolute atomic E-state index is 9.37. The van der Waals surface area contributed by atoms with Gasteiger partial charge in [-0.15, -0.1) is 0 Å². The van der Waals surface area contributed by atoms with Crippen LogP contribution in [0.25, 0.3) is 11.5 Å². The van der Waals surface area contributed by atoms with Crippen molar-refractivity contribution in [2.45, 2.75) is 5.75 Å². The molecule has 112 valence electrons. The van der Waals surface area contributed by atoms with Crippen molar-refractivity contribution in [3.63, 3.8) is 0 Å². The van der Waals surface area contributed by atoms with Crippen molar-refractivity contribution in [3.8, 4) is 11.5 Å². The molecule has 0 radical (unpaired) electrons. The van der Waals surface area contributed by atoms with Crippen molar-refractivity contribution in [2.75, 3.05) is 25.6 Å². The first kappa shape index (κ1) is 14.9. The van der Waals surface area contributed by atoms with Gasteiger partial charge in [-0.1, -0.05) is 17.7 Å². The second kappa shape index (κ2) is 6.40. The zero-order valence-corrected chi connectivity index (χ0v) is 13.0. The molecule has 4 nitrogen and oxygen atoms in total. The second-order valence-electron chi connectivity index (χ2n) is 5.30. The molecule has 0 unspecified atom stereocenters. The number of hydrogen-bond acceptors (Lipinski definition) is 5. The van der Waals surface area contributed by atoms with E-state index in [1.54, 1.807) is 18.0 Å². The molecule has 0 saturated carbocycles. The Balaban J connectivity index is 1.58. The normalized spacial score (nSPS) is 16.7. The third-order valence-electron chi connectivity index (χ3n) is 3.43. The number of halogens is 1. The summed E-state index contributed by atoms with van der Waals surface area (Å²) in [5.74, 6) is 2.20. The second-order valence-corrected chi connectivity index (χ2v) is 6.72. The number of hydrogen-bond donors (Lipinski definition) is 1. The van der Waals surface area contributed by atoms with E-state index < -0.39 is 0 Å². The fraction of sp³-hybridized carbons (Fsp3) is 0.400. The minimum absolute atomic E-state index is 0.0653. The minimum atomic E-state index is -0.0653. The van der Waals surface area contributed by atoms with Gasteiger partial charge in [-0.25, -0.2) is 4.98 Å². The van der Waals surface area contributed by atoms with Gasteiger partial charge in [0.25, 0.3) is 0 Å². The zero-order chi connectivity index (χ0) is 14.7. The molecule has 1 aliphatic heterocycles. The van der Waals surface area contributed by atoms with E-state index in [1.807, 2.05) is 24.3 Å². The van der Waals surface area contributed by atoms with Crippen LogP contribution in [0.3, 0.4) is 0 Å². The highest BCUT2D eigenvalue weighted by atomic mass is 35.5. The quantitative estimate of drug-likeness (QED) is 0.883. The third kappa shape index (κ3) is 3.43. The minimum Gasteiger partial charge on any atom is -0.444 e. The summed E-state index contributed by atoms with van der Waals surface area (Å²) in [5.41, 5.74) is 1.70. The number of aliphatic hydroxyl groups excluding tert-OH is 1. The van der Waals surface area contributed by atoms with Crippen LogP contribution in [-0.4, -0.2) is 35.7 Å². The van der Waals surface area contributed by atoms with Crippen LogP contribution in [0.4, 0.5) is 0 Å². The molecule has 0 spiro atoms. The van der Waals surface area contributed by atoms with Crippen LogP contribution >= 0.6 is 23.4 Å². The number of thioether (sulfide) groups is 1. The molecule has 0 amide bonds. The van der Waals surface area contributed by atoms with Gasteiger partial charge in [0.15, 0.2) is 0 Å². The Morgan fingerprint density at radius 3 is 2.90 bits per heavy atom. The van der Waals surface area contributed by atoms with Gasteiger partial charge in [-0.05, 0) is 18.2 Å². The molecule has 1 saturated heterocycles. The van der Waals surface area contributed by atoms with Crippen LogP contribution < -0.4 is 0 Å². The summed E-state index contributed by atoms with van der Waals surface area (Å²) in [5, 5.41) is 10.0. The van der Waals surface area contributed by atoms with E-state index in [1.165, 1.54) is 0 Å². The smallest absolute Gasteiger partial charge is 0.226 e. The highest BCUT2D eigenvalue weighted by Crippen LogP contribution is 2.32. The molecule has 0 atom stereocenters. The summed E-state index contributed by atoms with van der Waals surface area (Å²) < 4.78 is 10.7. The first-order valence-electron chi connectivity index (χ1n) is 6.67. The van der Waals surface area contributed by atoms with E-state index in [4.69, 9.17) is 20.8 Å². The lowest BCUT2D eigenvalue weighted by Crippen LogP contribution is -2.47. The predicted octanol–water partition coefficient (Wildman–Crippen LogP) is 3.24. The average molecular weight is 326 g/mol. The molecule has 3 rings (SSSR count). The number of nitrogens with zero attached hydrogens (tertiary/aromatic N) is 1. The van der Waals surface area contributed by atoms with Crippen LogP contribution in [0.5, 0.6) is 0 Å². The van der Waals surface area contributed by atoms with Gasteiger partial charge < -0.3 is 14.3 Å². The first-order valence-corrected chi connectivity index (χ1v) is 8.21. The van der Waals surface area contributed by atoms with E-state index in [-0.39, 0.29) is 12.0 Å². The fourth-order valence-electron chi connectivity index (χ4n) is 2.11. The molecule has 2 heterocycles. The van der Waals surface area contributed by atoms with Gasteiger partial charge in [0.2, 0.25) is 5.89 Å². The molecule has 2 aromatic rings. The highest BCUT2D eigenvalue weighted by molar-refractivity contribution is 7.98. The van der Waals surface area contributed by atoms with Crippen molar-refractivity contribution < 1.29 is 14.3 Å². The molecule has 0 bridgehead atoms. The van der Waals surface area contributed by atoms with E-state index in [0.29, 0.717) is 24.1 Å². The maximum Gasteiger partial charge on any atom is 0.226 e. The molecule has 1 N–H and O–H groups in total. The van der Waals surface area contributed by atoms with Crippen LogP contribution in [0.15, 0.2) is 34.9 Å². The standard InChI is InChI=1S/C15H16ClNO3S/c16-12-3-1-2-11(4-12)14-17-13(5-20-14)6-21-10-15(7-18)8-19-9-15/h1-5,18H,6-10H2. The summed E-state index contributed by atoms with van der Waals surface area (Å²) in [6, 6.07) is 7.44. The summed E-state index contributed by atoms with van der Waals surface area (Å²) in [6.07, 6.45) is 1.67. The number of aromatic nitrogens is 1. The van der Waals surface area contributed by atoms with Crippen molar-refractivity contribution in [1.29, 1.82) is 0 Å². The zero-order valence-electron chi connectivity index (χ0n) is 11.4. The molecule has 1 aliphatic rings. The van der Waals surface area contributed by atoms with Crippen molar-refractivity contribution in [2.24, 2.45) is 5.41 Å². The molecular weight excluding hydrogens is 310 g/mol. The SMILES string of the molecule is OCC1(CSCc2coc(-c3cccc(Cl)c3)n2)COC1. The first-order chi connectivity index (χ1) is 10.2. The van der Waals surface area contributed by atoms with Crippen molar-refractivity contribution in [3.05, 3.63) is 41.2 Å². The summed E-state index contributed by atoms with van der Waals surface area (Å²) in [7, 11) is 0. The highest BCUT2D eigenvalue weighted by Gasteiger charge is 2.37. The Morgan fingerprint density at radius 2 is 2.24 bits per heavy atom. The summed E-state index contributed by atoms with van der Waals surface area (Å²) in [4.78, 5) is 4.47. The lowest BCUT2D eigenvalue weighted by atomic mass is 9.90. The lowest BCUT2D eigenvalue weighted by molar-refractivity contribution is -0.121. The number of benzene rings is 1. The van der Waals surface area contributed by atoms with E-state index in [0.717, 1.165) is 22.8 Å². The molecule has 6 heteroatoms. The third-order valence-corrected chi connectivity index (χ3v) is 4.98. The number of rotatable bonds is 6. The molecule has 21 heavy (non-hydrogen) atoms. The van der Waals surface area contributed by atoms with Crippen molar-refractivity contribution >= 4 is 23.4 Å². The maximum atomic E-state index is 9.37. The van der Waals surface area contributed by atoms with Crippen molar-refractivity contribution in [1.82, 2.24) is 4.98 Å². The summed E-state index contributed by atoms with van der Waals surface area (Å²) >= 11 is 7.70. The molecule has 0 aliphatic carbocycles. The Hall–Kier alpha value is -1.01. The molecular formula is C15H16ClNO3S. The monoisotopic (exact) mass is 325 g/mol. The van der Waals surface area contributed by atoms with E-state index in [2.05, 4.69) is 4.98 Å². The largest absolute Gasteiger partial charge is 0.444 e. The number of aliphatic hydroxyl groups is 1. The van der Waals surface area contributed by atoms with Gasteiger partial charge >= 0.3 is 0 Å². The van der Waals surface area contributed by atoms with Crippen LogP contribution in [0.2, 0.25) is 5.02 Å². The Labute approximate surface area is 132 Å². The molecule has 1 aromatic heterocycles. The number of ether oxygens (including phenoxy) is 1. The Bertz CT molecular complexity index is 607. The lowest BCUT2D eigenvalue weighted by Gasteiger charge is -2.39. The predicted molar refractivity (Wildman–Crippen MR) is 83.4 cm³/mol. The molecule has 1 fully saturated rings. The van der Waals surface area contributed by atoms with E-state index >= 15 is 0 Å². The van der Waals surface area contributed by atoms with Gasteiger partial charge in [-0.3, -0.25) is 0 Å². The van der Waals surface area contributed by atoms with E-state index in [9.17, 15) is 5.11 Å². The Morgan fingerprint density at radius 1 is 1.38 bits per heavy atom. The fourth-order valence-corrected chi connectivity index (χ4v) is 3.44. The average Bonchev–Trinajstić information content (AvgIpc) is 2.91. The van der Waals surface area contributed by atoms with Crippen LogP contribution in [-0.2, 0) is 10.5 Å². The van der Waals surface area contributed by atoms with Gasteiger partial charge in [0.05, 0.1) is 25.5 Å². The van der Waals surface area contributed by atoms with Gasteiger partial charge in [0.1, 0.15) is 6.26 Å². The Kier molecular flexibility index (Phi) is 4.54. The topological polar surface area (TPSA) is 55.5 Å². The van der Waals surface area contributed by atoms with Crippen LogP contribution in [0, 0.1) is 5.41 Å². The van der Waals surface area contributed by atoms with Gasteiger partial charge in [0, 0.05) is 27.5 Å². The van der Waals surface area contributed by atoms with Crippen LogP contribution in [0.1, 0.15) is 5.69 Å². The van der Waals surface area contributed by atoms with Gasteiger partial charge in [-0.2, -0.15) is 11.8 Å². The molecule has 1 aromatic carbocycles.